The maximum Gasteiger partial charge on any atom is 0.407 e. The summed E-state index contributed by atoms with van der Waals surface area (Å²) >= 11 is 0. The van der Waals surface area contributed by atoms with E-state index in [0.29, 0.717) is 5.69 Å². The number of carboxylic acid groups (broad SMARTS) is 1. The van der Waals surface area contributed by atoms with Crippen LogP contribution in [0.4, 0.5) is 4.79 Å². The Bertz CT molecular complexity index is 1550. The molecule has 4 rings (SSSR count). The molecule has 1 aliphatic heterocycles. The van der Waals surface area contributed by atoms with Gasteiger partial charge in [-0.25, -0.2) is 14.3 Å². The van der Waals surface area contributed by atoms with E-state index in [9.17, 15) is 29.1 Å². The molecule has 2 aromatic carbocycles. The molecule has 1 saturated heterocycles. The van der Waals surface area contributed by atoms with Crippen LogP contribution in [-0.2, 0) is 30.5 Å². The Morgan fingerprint density at radius 1 is 0.894 bits per heavy atom. The number of para-hydroxylation sites is 1. The third-order valence-corrected chi connectivity index (χ3v) is 7.01. The zero-order valence-electron chi connectivity index (χ0n) is 26.6. The van der Waals surface area contributed by atoms with Crippen LogP contribution in [0.5, 0.6) is 5.88 Å². The molecule has 0 radical (unpaired) electrons. The summed E-state index contributed by atoms with van der Waals surface area (Å²) in [5.41, 5.74) is 0.524. The number of benzene rings is 2. The number of carbonyl (C=O) groups is 5. The number of amides is 3. The van der Waals surface area contributed by atoms with Gasteiger partial charge in [0.25, 0.3) is 5.91 Å². The normalized spacial score (nSPS) is 13.8. The zero-order valence-corrected chi connectivity index (χ0v) is 26.6. The molecule has 14 heteroatoms. The van der Waals surface area contributed by atoms with Crippen LogP contribution in [0.25, 0.3) is 5.69 Å². The summed E-state index contributed by atoms with van der Waals surface area (Å²) < 4.78 is 17.8. The third kappa shape index (κ3) is 10.3. The second-order valence-electron chi connectivity index (χ2n) is 11.8. The lowest BCUT2D eigenvalue weighted by atomic mass is 10.1. The molecule has 0 bridgehead atoms. The summed E-state index contributed by atoms with van der Waals surface area (Å²) in [5.74, 6) is -2.27. The van der Waals surface area contributed by atoms with Crippen molar-refractivity contribution in [1.82, 2.24) is 24.9 Å². The van der Waals surface area contributed by atoms with Crippen molar-refractivity contribution in [1.29, 1.82) is 0 Å². The van der Waals surface area contributed by atoms with E-state index < -0.39 is 48.1 Å². The number of rotatable bonds is 12. The number of esters is 2. The fourth-order valence-corrected chi connectivity index (χ4v) is 4.73. The molecule has 47 heavy (non-hydrogen) atoms. The van der Waals surface area contributed by atoms with Crippen molar-refractivity contribution in [2.24, 2.45) is 0 Å². The van der Waals surface area contributed by atoms with E-state index in [1.807, 2.05) is 30.3 Å². The average Bonchev–Trinajstić information content (AvgIpc) is 3.49. The van der Waals surface area contributed by atoms with Crippen molar-refractivity contribution < 1.29 is 43.3 Å². The van der Waals surface area contributed by atoms with E-state index in [2.05, 4.69) is 10.4 Å². The molecular formula is C33H39N5O9. The van der Waals surface area contributed by atoms with E-state index in [0.717, 1.165) is 5.56 Å². The van der Waals surface area contributed by atoms with Gasteiger partial charge in [0.2, 0.25) is 11.8 Å². The summed E-state index contributed by atoms with van der Waals surface area (Å²) in [5, 5.41) is 16.3. The summed E-state index contributed by atoms with van der Waals surface area (Å²) in [6.07, 6.45) is -1.29. The lowest BCUT2D eigenvalue weighted by Crippen LogP contribution is -2.55. The zero-order chi connectivity index (χ0) is 34.0. The molecular weight excluding hydrogens is 610 g/mol. The second-order valence-corrected chi connectivity index (χ2v) is 11.8. The molecule has 1 aliphatic rings. The molecule has 0 unspecified atom stereocenters. The summed E-state index contributed by atoms with van der Waals surface area (Å²) in [6.45, 7) is 5.28. The molecule has 1 atom stereocenters. The number of aromatic nitrogens is 2. The Kier molecular flexibility index (Phi) is 11.5. The molecule has 0 aliphatic carbocycles. The van der Waals surface area contributed by atoms with E-state index in [1.54, 1.807) is 51.1 Å². The van der Waals surface area contributed by atoms with Crippen LogP contribution in [0, 0.1) is 0 Å². The van der Waals surface area contributed by atoms with Gasteiger partial charge >= 0.3 is 18.0 Å². The van der Waals surface area contributed by atoms with Crippen molar-refractivity contribution in [2.75, 3.05) is 32.8 Å². The molecule has 0 saturated carbocycles. The van der Waals surface area contributed by atoms with Crippen molar-refractivity contribution in [3.8, 4) is 11.6 Å². The Balaban J connectivity index is 1.49. The Morgan fingerprint density at radius 3 is 2.13 bits per heavy atom. The molecule has 1 aromatic heterocycles. The molecule has 2 N–H and O–H groups in total. The second kappa shape index (κ2) is 15.7. The minimum absolute atomic E-state index is 0.0609. The quantitative estimate of drug-likeness (QED) is 0.278. The van der Waals surface area contributed by atoms with Crippen LogP contribution >= 0.6 is 0 Å². The van der Waals surface area contributed by atoms with Gasteiger partial charge in [0, 0.05) is 38.7 Å². The number of piperazine rings is 1. The average molecular weight is 650 g/mol. The molecule has 3 aromatic rings. The smallest absolute Gasteiger partial charge is 0.407 e. The number of hydrogen-bond acceptors (Lipinski definition) is 9. The molecule has 1 fully saturated rings. The molecule has 250 valence electrons. The highest BCUT2D eigenvalue weighted by molar-refractivity contribution is 5.96. The standard InChI is InChI=1S/C33H39N5O9/c1-33(2,3)47-28(39)15-14-25(31(42)36-16-18-37(19-17-36)32(43)44)34-30(41)26-20-27(38(35-26)24-12-8-5-9-13-24)45-22-29(40)46-21-23-10-6-4-7-11-23/h4-13,20,25H,14-19,21-22H2,1-3H3,(H,34,41)(H,43,44)/t25-/m0/s1. The van der Waals surface area contributed by atoms with Gasteiger partial charge < -0.3 is 34.4 Å². The van der Waals surface area contributed by atoms with Crippen LogP contribution in [-0.4, -0.2) is 99.0 Å². The summed E-state index contributed by atoms with van der Waals surface area (Å²) in [7, 11) is 0. The molecule has 3 amide bonds. The highest BCUT2D eigenvalue weighted by Crippen LogP contribution is 2.21. The van der Waals surface area contributed by atoms with Crippen LogP contribution in [0.1, 0.15) is 49.7 Å². The summed E-state index contributed by atoms with van der Waals surface area (Å²) in [6, 6.07) is 18.2. The number of carbonyl (C=O) groups excluding carboxylic acids is 4. The lowest BCUT2D eigenvalue weighted by Gasteiger charge is -2.35. The topological polar surface area (TPSA) is 170 Å². The fourth-order valence-electron chi connectivity index (χ4n) is 4.73. The highest BCUT2D eigenvalue weighted by Gasteiger charge is 2.32. The van der Waals surface area contributed by atoms with E-state index in [4.69, 9.17) is 14.2 Å². The van der Waals surface area contributed by atoms with Gasteiger partial charge in [0.1, 0.15) is 18.2 Å². The van der Waals surface area contributed by atoms with E-state index in [-0.39, 0.29) is 57.2 Å². The highest BCUT2D eigenvalue weighted by atomic mass is 16.6. The van der Waals surface area contributed by atoms with Gasteiger partial charge in [0.15, 0.2) is 12.3 Å². The first kappa shape index (κ1) is 34.5. The Hall–Kier alpha value is -5.40. The minimum Gasteiger partial charge on any atom is -0.466 e. The van der Waals surface area contributed by atoms with Crippen molar-refractivity contribution >= 4 is 29.8 Å². The molecule has 0 spiro atoms. The van der Waals surface area contributed by atoms with Crippen molar-refractivity contribution in [2.45, 2.75) is 51.9 Å². The van der Waals surface area contributed by atoms with Gasteiger partial charge in [-0.2, -0.15) is 5.10 Å². The predicted molar refractivity (Wildman–Crippen MR) is 168 cm³/mol. The number of nitrogens with zero attached hydrogens (tertiary/aromatic N) is 4. The monoisotopic (exact) mass is 649 g/mol. The summed E-state index contributed by atoms with van der Waals surface area (Å²) in [4.78, 5) is 66.0. The fraction of sp³-hybridized carbons (Fsp3) is 0.394. The largest absolute Gasteiger partial charge is 0.466 e. The Morgan fingerprint density at radius 2 is 1.51 bits per heavy atom. The SMILES string of the molecule is CC(C)(C)OC(=O)CC[C@H](NC(=O)c1cc(OCC(=O)OCc2ccccc2)n(-c2ccccc2)n1)C(=O)N1CCN(C(=O)O)CC1. The first-order valence-electron chi connectivity index (χ1n) is 15.2. The van der Waals surface area contributed by atoms with Crippen molar-refractivity contribution in [3.63, 3.8) is 0 Å². The maximum atomic E-state index is 13.6. The number of hydrogen-bond donors (Lipinski definition) is 2. The van der Waals surface area contributed by atoms with Gasteiger partial charge in [-0.05, 0) is 44.9 Å². The number of ether oxygens (including phenoxy) is 3. The van der Waals surface area contributed by atoms with Crippen LogP contribution in [0.15, 0.2) is 66.7 Å². The lowest BCUT2D eigenvalue weighted by molar-refractivity contribution is -0.155. The van der Waals surface area contributed by atoms with Crippen LogP contribution < -0.4 is 10.1 Å². The van der Waals surface area contributed by atoms with Gasteiger partial charge in [-0.15, -0.1) is 0 Å². The third-order valence-electron chi connectivity index (χ3n) is 7.01. The minimum atomic E-state index is -1.13. The van der Waals surface area contributed by atoms with Gasteiger partial charge in [0.05, 0.1) is 5.69 Å². The van der Waals surface area contributed by atoms with Gasteiger partial charge in [-0.3, -0.25) is 14.4 Å². The predicted octanol–water partition coefficient (Wildman–Crippen LogP) is 3.04. The van der Waals surface area contributed by atoms with Crippen LogP contribution in [0.3, 0.4) is 0 Å². The van der Waals surface area contributed by atoms with Crippen molar-refractivity contribution in [3.05, 3.63) is 78.0 Å². The van der Waals surface area contributed by atoms with E-state index >= 15 is 0 Å². The van der Waals surface area contributed by atoms with Gasteiger partial charge in [-0.1, -0.05) is 48.5 Å². The molecule has 14 nitrogen and oxygen atoms in total. The van der Waals surface area contributed by atoms with Crippen LogP contribution in [0.2, 0.25) is 0 Å². The molecule has 2 heterocycles. The number of nitrogens with one attached hydrogen (secondary N) is 1. The first-order chi connectivity index (χ1) is 22.4. The first-order valence-corrected chi connectivity index (χ1v) is 15.2. The maximum absolute atomic E-state index is 13.6. The Labute approximate surface area is 272 Å². The van der Waals surface area contributed by atoms with E-state index in [1.165, 1.54) is 20.5 Å².